The lowest BCUT2D eigenvalue weighted by molar-refractivity contribution is 0.0949. The SMILES string of the molecule is O=C(NCc1cnc2ccccc2c1)c1ccc(CN2CCCOCC2)[nH]c1=O. The maximum Gasteiger partial charge on any atom is 0.261 e. The molecule has 2 N–H and O–H groups in total. The number of hydrogen-bond donors (Lipinski definition) is 2. The number of aromatic amines is 1. The first-order valence-electron chi connectivity index (χ1n) is 9.83. The van der Waals surface area contributed by atoms with Gasteiger partial charge >= 0.3 is 0 Å². The number of hydrogen-bond acceptors (Lipinski definition) is 5. The first-order valence-corrected chi connectivity index (χ1v) is 9.83. The Labute approximate surface area is 168 Å². The number of para-hydroxylation sites is 1. The molecule has 2 aromatic heterocycles. The van der Waals surface area contributed by atoms with Gasteiger partial charge in [0.05, 0.1) is 12.1 Å². The van der Waals surface area contributed by atoms with E-state index in [4.69, 9.17) is 4.74 Å². The number of aromatic nitrogens is 2. The third kappa shape index (κ3) is 4.88. The highest BCUT2D eigenvalue weighted by Crippen LogP contribution is 2.12. The predicted octanol–water partition coefficient (Wildman–Crippen LogP) is 2.08. The number of nitrogens with zero attached hydrogens (tertiary/aromatic N) is 2. The first-order chi connectivity index (χ1) is 14.2. The van der Waals surface area contributed by atoms with Crippen LogP contribution < -0.4 is 10.9 Å². The van der Waals surface area contributed by atoms with Crippen LogP contribution in [0.15, 0.2) is 53.5 Å². The zero-order valence-corrected chi connectivity index (χ0v) is 16.2. The molecule has 0 unspecified atom stereocenters. The monoisotopic (exact) mass is 392 g/mol. The summed E-state index contributed by atoms with van der Waals surface area (Å²) in [6.07, 6.45) is 2.72. The quantitative estimate of drug-likeness (QED) is 0.694. The van der Waals surface area contributed by atoms with Crippen LogP contribution in [0.25, 0.3) is 10.9 Å². The Morgan fingerprint density at radius 1 is 1.17 bits per heavy atom. The Morgan fingerprint density at radius 2 is 2.07 bits per heavy atom. The fourth-order valence-electron chi connectivity index (χ4n) is 3.47. The molecule has 0 saturated carbocycles. The molecule has 1 aliphatic rings. The van der Waals surface area contributed by atoms with Gasteiger partial charge in [0.25, 0.3) is 11.5 Å². The molecule has 1 amide bonds. The van der Waals surface area contributed by atoms with E-state index in [1.807, 2.05) is 30.3 Å². The summed E-state index contributed by atoms with van der Waals surface area (Å²) in [5.74, 6) is -0.394. The number of ether oxygens (including phenoxy) is 1. The van der Waals surface area contributed by atoms with Crippen molar-refractivity contribution < 1.29 is 9.53 Å². The van der Waals surface area contributed by atoms with Gasteiger partial charge in [-0.3, -0.25) is 19.5 Å². The molecule has 1 fully saturated rings. The Morgan fingerprint density at radius 3 is 2.97 bits per heavy atom. The van der Waals surface area contributed by atoms with E-state index in [-0.39, 0.29) is 11.1 Å². The molecule has 0 radical (unpaired) electrons. The minimum atomic E-state index is -0.394. The Bertz CT molecular complexity index is 1060. The number of rotatable bonds is 5. The number of carbonyl (C=O) groups is 1. The number of pyridine rings is 2. The highest BCUT2D eigenvalue weighted by molar-refractivity contribution is 5.93. The fraction of sp³-hybridized carbons (Fsp3) is 0.318. The van der Waals surface area contributed by atoms with Crippen LogP contribution in [0.4, 0.5) is 0 Å². The van der Waals surface area contributed by atoms with Crippen LogP contribution in [0.5, 0.6) is 0 Å². The molecular formula is C22H24N4O3. The molecule has 7 nitrogen and oxygen atoms in total. The summed E-state index contributed by atoms with van der Waals surface area (Å²) < 4.78 is 5.45. The predicted molar refractivity (Wildman–Crippen MR) is 111 cm³/mol. The second-order valence-electron chi connectivity index (χ2n) is 7.19. The van der Waals surface area contributed by atoms with Gasteiger partial charge in [-0.15, -0.1) is 0 Å². The van der Waals surface area contributed by atoms with E-state index >= 15 is 0 Å². The largest absolute Gasteiger partial charge is 0.380 e. The van der Waals surface area contributed by atoms with Crippen LogP contribution in [0, 0.1) is 0 Å². The molecule has 29 heavy (non-hydrogen) atoms. The average Bonchev–Trinajstić information content (AvgIpc) is 3.00. The molecule has 7 heteroatoms. The summed E-state index contributed by atoms with van der Waals surface area (Å²) in [7, 11) is 0. The molecule has 1 aromatic carbocycles. The zero-order valence-electron chi connectivity index (χ0n) is 16.2. The zero-order chi connectivity index (χ0) is 20.1. The fourth-order valence-corrected chi connectivity index (χ4v) is 3.47. The summed E-state index contributed by atoms with van der Waals surface area (Å²) in [6, 6.07) is 13.2. The van der Waals surface area contributed by atoms with Gasteiger partial charge in [0.15, 0.2) is 0 Å². The Hall–Kier alpha value is -3.03. The van der Waals surface area contributed by atoms with E-state index in [2.05, 4.69) is 20.2 Å². The summed E-state index contributed by atoms with van der Waals surface area (Å²) in [5, 5.41) is 3.82. The van der Waals surface area contributed by atoms with Crippen molar-refractivity contribution >= 4 is 16.8 Å². The van der Waals surface area contributed by atoms with Crippen LogP contribution in [0.1, 0.15) is 28.0 Å². The molecule has 0 atom stereocenters. The number of H-pyrrole nitrogens is 1. The molecular weight excluding hydrogens is 368 g/mol. The Balaban J connectivity index is 1.39. The van der Waals surface area contributed by atoms with E-state index in [1.54, 1.807) is 18.3 Å². The standard InChI is InChI=1S/C22H24N4O3/c27-21(24-14-16-12-17-4-1-2-5-20(17)23-13-16)19-7-6-18(25-22(19)28)15-26-8-3-10-29-11-9-26/h1-2,4-7,12-13H,3,8-11,14-15H2,(H,24,27)(H,25,28). The van der Waals surface area contributed by atoms with Crippen molar-refractivity contribution in [3.05, 3.63) is 75.8 Å². The summed E-state index contributed by atoms with van der Waals surface area (Å²) in [5.41, 5.74) is 2.33. The minimum Gasteiger partial charge on any atom is -0.380 e. The number of nitrogens with one attached hydrogen (secondary N) is 2. The van der Waals surface area contributed by atoms with Gasteiger partial charge < -0.3 is 15.0 Å². The summed E-state index contributed by atoms with van der Waals surface area (Å²) in [6.45, 7) is 4.20. The number of benzene rings is 1. The van der Waals surface area contributed by atoms with Crippen LogP contribution >= 0.6 is 0 Å². The highest BCUT2D eigenvalue weighted by atomic mass is 16.5. The van der Waals surface area contributed by atoms with Crippen molar-refractivity contribution in [2.24, 2.45) is 0 Å². The maximum absolute atomic E-state index is 12.5. The van der Waals surface area contributed by atoms with E-state index < -0.39 is 5.91 Å². The van der Waals surface area contributed by atoms with Gasteiger partial charge in [-0.2, -0.15) is 0 Å². The van der Waals surface area contributed by atoms with Gasteiger partial charge in [-0.25, -0.2) is 0 Å². The summed E-state index contributed by atoms with van der Waals surface area (Å²) in [4.78, 5) is 34.3. The number of fused-ring (bicyclic) bond motifs is 1. The molecule has 1 aliphatic heterocycles. The molecule has 0 spiro atoms. The van der Waals surface area contributed by atoms with E-state index in [0.717, 1.165) is 48.3 Å². The number of amides is 1. The van der Waals surface area contributed by atoms with Crippen LogP contribution in [-0.2, 0) is 17.8 Å². The molecule has 0 bridgehead atoms. The van der Waals surface area contributed by atoms with E-state index in [9.17, 15) is 9.59 Å². The lowest BCUT2D eigenvalue weighted by Gasteiger charge is -2.18. The molecule has 3 aromatic rings. The number of carbonyl (C=O) groups excluding carboxylic acids is 1. The lowest BCUT2D eigenvalue weighted by atomic mass is 10.1. The van der Waals surface area contributed by atoms with Crippen molar-refractivity contribution in [3.63, 3.8) is 0 Å². The smallest absolute Gasteiger partial charge is 0.261 e. The van der Waals surface area contributed by atoms with Crippen molar-refractivity contribution in [2.45, 2.75) is 19.5 Å². The minimum absolute atomic E-state index is 0.113. The van der Waals surface area contributed by atoms with Crippen molar-refractivity contribution in [2.75, 3.05) is 26.3 Å². The second kappa shape index (κ2) is 8.98. The summed E-state index contributed by atoms with van der Waals surface area (Å²) >= 11 is 0. The topological polar surface area (TPSA) is 87.3 Å². The van der Waals surface area contributed by atoms with Gasteiger partial charge in [-0.05, 0) is 36.2 Å². The highest BCUT2D eigenvalue weighted by Gasteiger charge is 2.14. The van der Waals surface area contributed by atoms with Gasteiger partial charge in [0.2, 0.25) is 0 Å². The van der Waals surface area contributed by atoms with Crippen molar-refractivity contribution in [1.82, 2.24) is 20.2 Å². The third-order valence-corrected chi connectivity index (χ3v) is 5.02. The Kier molecular flexibility index (Phi) is 5.97. The van der Waals surface area contributed by atoms with Crippen LogP contribution in [-0.4, -0.2) is 47.1 Å². The van der Waals surface area contributed by atoms with Gasteiger partial charge in [0.1, 0.15) is 5.56 Å². The van der Waals surface area contributed by atoms with Crippen molar-refractivity contribution in [1.29, 1.82) is 0 Å². The second-order valence-corrected chi connectivity index (χ2v) is 7.19. The van der Waals surface area contributed by atoms with E-state index in [1.165, 1.54) is 0 Å². The molecule has 3 heterocycles. The molecule has 150 valence electrons. The third-order valence-electron chi connectivity index (χ3n) is 5.02. The van der Waals surface area contributed by atoms with Gasteiger partial charge in [0, 0.05) is 50.1 Å². The van der Waals surface area contributed by atoms with Crippen molar-refractivity contribution in [3.8, 4) is 0 Å². The van der Waals surface area contributed by atoms with Crippen LogP contribution in [0.2, 0.25) is 0 Å². The lowest BCUT2D eigenvalue weighted by Crippen LogP contribution is -2.31. The maximum atomic E-state index is 12.5. The normalized spacial score (nSPS) is 15.2. The van der Waals surface area contributed by atoms with E-state index in [0.29, 0.717) is 19.7 Å². The molecule has 1 saturated heterocycles. The van der Waals surface area contributed by atoms with Gasteiger partial charge in [-0.1, -0.05) is 18.2 Å². The first kappa shape index (κ1) is 19.3. The molecule has 4 rings (SSSR count). The average molecular weight is 392 g/mol. The molecule has 0 aliphatic carbocycles. The van der Waals surface area contributed by atoms with Crippen LogP contribution in [0.3, 0.4) is 0 Å².